The normalized spacial score (nSPS) is 18.9. The second kappa shape index (κ2) is 7.51. The molecule has 0 aromatic heterocycles. The van der Waals surface area contributed by atoms with Gasteiger partial charge in [0.2, 0.25) is 0 Å². The molecule has 0 heterocycles. The minimum absolute atomic E-state index is 0.425. The molecule has 0 radical (unpaired) electrons. The maximum atomic E-state index is 3.77. The van der Waals surface area contributed by atoms with Crippen LogP contribution in [0.3, 0.4) is 0 Å². The molecule has 0 amide bonds. The Bertz CT molecular complexity index is 403. The van der Waals surface area contributed by atoms with Crippen LogP contribution in [0.1, 0.15) is 56.6 Å². The molecule has 0 fully saturated rings. The summed E-state index contributed by atoms with van der Waals surface area (Å²) in [6.45, 7) is 6.91. The van der Waals surface area contributed by atoms with Gasteiger partial charge >= 0.3 is 0 Å². The number of rotatable bonds is 7. The van der Waals surface area contributed by atoms with Gasteiger partial charge in [0, 0.05) is 17.8 Å². The highest BCUT2D eigenvalue weighted by atomic mass is 32.2. The number of nitrogens with one attached hydrogen (secondary N) is 1. The largest absolute Gasteiger partial charge is 0.315 e. The first-order chi connectivity index (χ1) is 9.74. The fraction of sp³-hybridized carbons (Fsp3) is 0.667. The lowest BCUT2D eigenvalue weighted by Gasteiger charge is -2.32. The van der Waals surface area contributed by atoms with Crippen molar-refractivity contribution in [3.8, 4) is 0 Å². The van der Waals surface area contributed by atoms with Crippen molar-refractivity contribution in [3.63, 3.8) is 0 Å². The zero-order valence-corrected chi connectivity index (χ0v) is 14.1. The molecule has 1 aliphatic carbocycles. The van der Waals surface area contributed by atoms with Crippen molar-refractivity contribution in [2.24, 2.45) is 0 Å². The second-order valence-electron chi connectivity index (χ2n) is 6.01. The van der Waals surface area contributed by atoms with Crippen LogP contribution < -0.4 is 5.32 Å². The fourth-order valence-corrected chi connectivity index (χ4v) is 4.23. The third-order valence-electron chi connectivity index (χ3n) is 5.05. The third kappa shape index (κ3) is 3.59. The summed E-state index contributed by atoms with van der Waals surface area (Å²) in [6, 6.07) is 9.02. The second-order valence-corrected chi connectivity index (χ2v) is 7.29. The summed E-state index contributed by atoms with van der Waals surface area (Å²) in [5, 5.41) is 3.77. The number of benzene rings is 1. The van der Waals surface area contributed by atoms with Gasteiger partial charge in [-0.25, -0.2) is 0 Å². The molecular weight excluding hydrogens is 262 g/mol. The molecule has 1 N–H and O–H groups in total. The zero-order valence-electron chi connectivity index (χ0n) is 13.2. The Morgan fingerprint density at radius 1 is 1.25 bits per heavy atom. The van der Waals surface area contributed by atoms with Crippen molar-refractivity contribution < 1.29 is 0 Å². The highest BCUT2D eigenvalue weighted by Crippen LogP contribution is 2.32. The van der Waals surface area contributed by atoms with Crippen LogP contribution in [0.15, 0.2) is 24.3 Å². The van der Waals surface area contributed by atoms with Crippen molar-refractivity contribution in [1.29, 1.82) is 0 Å². The molecule has 1 aliphatic rings. The first-order valence-corrected chi connectivity index (χ1v) is 9.31. The lowest BCUT2D eigenvalue weighted by Crippen LogP contribution is -2.38. The summed E-state index contributed by atoms with van der Waals surface area (Å²) in [7, 11) is 0. The molecule has 1 atom stereocenters. The molecule has 0 spiro atoms. The number of aryl methyl sites for hydroxylation is 1. The lowest BCUT2D eigenvalue weighted by atomic mass is 9.83. The van der Waals surface area contributed by atoms with Crippen LogP contribution in [0.25, 0.3) is 0 Å². The van der Waals surface area contributed by atoms with Gasteiger partial charge in [0.1, 0.15) is 0 Å². The smallest absolute Gasteiger partial charge is 0.0276 e. The Kier molecular flexibility index (Phi) is 5.98. The van der Waals surface area contributed by atoms with Gasteiger partial charge in [-0.3, -0.25) is 0 Å². The molecule has 112 valence electrons. The van der Waals surface area contributed by atoms with Gasteiger partial charge in [-0.15, -0.1) is 0 Å². The van der Waals surface area contributed by atoms with E-state index in [2.05, 4.69) is 49.7 Å². The van der Waals surface area contributed by atoms with Crippen LogP contribution in [0.4, 0.5) is 0 Å². The summed E-state index contributed by atoms with van der Waals surface area (Å²) >= 11 is 2.03. The quantitative estimate of drug-likeness (QED) is 0.787. The van der Waals surface area contributed by atoms with Crippen molar-refractivity contribution in [2.75, 3.05) is 19.3 Å². The number of hydrogen-bond donors (Lipinski definition) is 1. The van der Waals surface area contributed by atoms with E-state index < -0.39 is 0 Å². The molecule has 1 aromatic rings. The summed E-state index contributed by atoms with van der Waals surface area (Å²) in [5.41, 5.74) is 3.17. The number of thioether (sulfide) groups is 1. The first kappa shape index (κ1) is 15.9. The van der Waals surface area contributed by atoms with E-state index in [1.165, 1.54) is 32.1 Å². The van der Waals surface area contributed by atoms with E-state index in [0.717, 1.165) is 13.1 Å². The van der Waals surface area contributed by atoms with Gasteiger partial charge in [0.25, 0.3) is 0 Å². The Hall–Kier alpha value is -0.470. The number of hydrogen-bond acceptors (Lipinski definition) is 2. The first-order valence-electron chi connectivity index (χ1n) is 8.08. The highest BCUT2D eigenvalue weighted by molar-refractivity contribution is 8.00. The topological polar surface area (TPSA) is 12.0 Å². The van der Waals surface area contributed by atoms with E-state index in [1.54, 1.807) is 11.1 Å². The summed E-state index contributed by atoms with van der Waals surface area (Å²) in [5.74, 6) is 0.716. The summed E-state index contributed by atoms with van der Waals surface area (Å²) < 4.78 is 0.425. The summed E-state index contributed by atoms with van der Waals surface area (Å²) in [4.78, 5) is 0. The van der Waals surface area contributed by atoms with Crippen molar-refractivity contribution in [1.82, 2.24) is 5.32 Å². The van der Waals surface area contributed by atoms with Crippen molar-refractivity contribution in [3.05, 3.63) is 35.4 Å². The SMILES string of the molecule is CCC(CC)(CNCC1CCCc2ccccc21)SC. The lowest BCUT2D eigenvalue weighted by molar-refractivity contribution is 0.454. The van der Waals surface area contributed by atoms with Crippen LogP contribution >= 0.6 is 11.8 Å². The molecule has 20 heavy (non-hydrogen) atoms. The average Bonchev–Trinajstić information content (AvgIpc) is 2.52. The van der Waals surface area contributed by atoms with Crippen molar-refractivity contribution >= 4 is 11.8 Å². The molecule has 0 saturated carbocycles. The van der Waals surface area contributed by atoms with Gasteiger partial charge in [-0.1, -0.05) is 38.1 Å². The van der Waals surface area contributed by atoms with Gasteiger partial charge in [-0.2, -0.15) is 11.8 Å². The molecule has 0 saturated heterocycles. The average molecular weight is 292 g/mol. The molecule has 1 aromatic carbocycles. The molecule has 2 rings (SSSR count). The van der Waals surface area contributed by atoms with E-state index >= 15 is 0 Å². The third-order valence-corrected chi connectivity index (χ3v) is 6.64. The van der Waals surface area contributed by atoms with Crippen LogP contribution in [0.5, 0.6) is 0 Å². The van der Waals surface area contributed by atoms with E-state index in [0.29, 0.717) is 10.7 Å². The van der Waals surface area contributed by atoms with E-state index in [4.69, 9.17) is 0 Å². The Morgan fingerprint density at radius 3 is 2.70 bits per heavy atom. The maximum Gasteiger partial charge on any atom is 0.0276 e. The van der Waals surface area contributed by atoms with E-state index in [1.807, 2.05) is 11.8 Å². The van der Waals surface area contributed by atoms with Crippen LogP contribution in [0, 0.1) is 0 Å². The van der Waals surface area contributed by atoms with Crippen molar-refractivity contribution in [2.45, 2.75) is 56.6 Å². The molecular formula is C18H29NS. The van der Waals surface area contributed by atoms with Crippen LogP contribution in [-0.4, -0.2) is 24.1 Å². The number of fused-ring (bicyclic) bond motifs is 1. The molecule has 2 heteroatoms. The van der Waals surface area contributed by atoms with Gasteiger partial charge in [-0.05, 0) is 55.4 Å². The molecule has 0 bridgehead atoms. The Morgan fingerprint density at radius 2 is 2.00 bits per heavy atom. The fourth-order valence-electron chi connectivity index (χ4n) is 3.40. The Labute approximate surface area is 128 Å². The maximum absolute atomic E-state index is 3.77. The van der Waals surface area contributed by atoms with Gasteiger partial charge in [0.15, 0.2) is 0 Å². The standard InChI is InChI=1S/C18H29NS/c1-4-18(5-2,20-3)14-19-13-16-11-8-10-15-9-6-7-12-17(15)16/h6-7,9,12,16,19H,4-5,8,10-11,13-14H2,1-3H3. The molecule has 1 nitrogen and oxygen atoms in total. The highest BCUT2D eigenvalue weighted by Gasteiger charge is 2.25. The van der Waals surface area contributed by atoms with E-state index in [-0.39, 0.29) is 0 Å². The Balaban J connectivity index is 1.92. The zero-order chi connectivity index (χ0) is 14.4. The molecule has 1 unspecified atom stereocenters. The van der Waals surface area contributed by atoms with Gasteiger partial charge in [0.05, 0.1) is 0 Å². The molecule has 0 aliphatic heterocycles. The minimum Gasteiger partial charge on any atom is -0.315 e. The summed E-state index contributed by atoms with van der Waals surface area (Å²) in [6.07, 6.45) is 8.71. The van der Waals surface area contributed by atoms with Crippen LogP contribution in [-0.2, 0) is 6.42 Å². The van der Waals surface area contributed by atoms with E-state index in [9.17, 15) is 0 Å². The van der Waals surface area contributed by atoms with Gasteiger partial charge < -0.3 is 5.32 Å². The minimum atomic E-state index is 0.425. The monoisotopic (exact) mass is 291 g/mol. The predicted molar refractivity (Wildman–Crippen MR) is 91.8 cm³/mol. The van der Waals surface area contributed by atoms with Crippen LogP contribution in [0.2, 0.25) is 0 Å². The predicted octanol–water partition coefficient (Wildman–Crippen LogP) is 4.62.